The van der Waals surface area contributed by atoms with Crippen LogP contribution in [0.3, 0.4) is 0 Å². The van der Waals surface area contributed by atoms with Crippen molar-refractivity contribution >= 4 is 23.1 Å². The summed E-state index contributed by atoms with van der Waals surface area (Å²) in [5, 5.41) is 17.0. The molecule has 1 aromatic heterocycles. The molecule has 0 spiro atoms. The number of nitrogens with zero attached hydrogens (tertiary/aromatic N) is 2. The minimum absolute atomic E-state index is 0.121. The van der Waals surface area contributed by atoms with Crippen molar-refractivity contribution in [1.82, 2.24) is 10.3 Å². The number of thiazole rings is 1. The molecule has 6 nitrogen and oxygen atoms in total. The van der Waals surface area contributed by atoms with Gasteiger partial charge in [0.05, 0.1) is 17.2 Å². The first kappa shape index (κ1) is 13.4. The average molecular weight is 256 g/mol. The summed E-state index contributed by atoms with van der Waals surface area (Å²) in [5.74, 6) is -0.428. The molecule has 0 unspecified atom stereocenters. The van der Waals surface area contributed by atoms with E-state index in [4.69, 9.17) is 10.9 Å². The first-order valence-corrected chi connectivity index (χ1v) is 5.93. The van der Waals surface area contributed by atoms with Gasteiger partial charge in [-0.05, 0) is 20.8 Å². The highest BCUT2D eigenvalue weighted by Crippen LogP contribution is 2.15. The Bertz CT molecular complexity index is 439. The molecule has 0 saturated heterocycles. The molecular formula is C10H16N4O2S. The highest BCUT2D eigenvalue weighted by Gasteiger charge is 2.32. The third-order valence-electron chi connectivity index (χ3n) is 2.41. The third kappa shape index (κ3) is 3.16. The van der Waals surface area contributed by atoms with Crippen LogP contribution < -0.4 is 11.1 Å². The standard InChI is InChI=1S/C10H16N4O2S/c1-6-13-7(5-17-6)4-12-9(15)10(2,3)8(11)14-16/h5,16H,4H2,1-3H3,(H2,11,14)(H,12,15). The second-order valence-electron chi connectivity index (χ2n) is 4.15. The van der Waals surface area contributed by atoms with Crippen LogP contribution in [0.5, 0.6) is 0 Å². The van der Waals surface area contributed by atoms with Crippen LogP contribution in [0.25, 0.3) is 0 Å². The van der Waals surface area contributed by atoms with E-state index in [2.05, 4.69) is 15.5 Å². The number of amidine groups is 1. The van der Waals surface area contributed by atoms with E-state index in [1.807, 2.05) is 12.3 Å². The molecule has 7 heteroatoms. The topological polar surface area (TPSA) is 101 Å². The number of aryl methyl sites for hydroxylation is 1. The van der Waals surface area contributed by atoms with Gasteiger partial charge in [0.2, 0.25) is 5.91 Å². The summed E-state index contributed by atoms with van der Waals surface area (Å²) in [6.07, 6.45) is 0. The molecular weight excluding hydrogens is 240 g/mol. The molecule has 0 aliphatic carbocycles. The number of carbonyl (C=O) groups excluding carboxylic acids is 1. The second kappa shape index (κ2) is 5.13. The molecule has 0 saturated carbocycles. The summed E-state index contributed by atoms with van der Waals surface area (Å²) in [5.41, 5.74) is 5.21. The van der Waals surface area contributed by atoms with Crippen molar-refractivity contribution < 1.29 is 10.0 Å². The first-order valence-electron chi connectivity index (χ1n) is 5.05. The van der Waals surface area contributed by atoms with E-state index < -0.39 is 5.41 Å². The van der Waals surface area contributed by atoms with Crippen molar-refractivity contribution in [3.63, 3.8) is 0 Å². The van der Waals surface area contributed by atoms with Crippen LogP contribution in [0, 0.1) is 12.3 Å². The minimum Gasteiger partial charge on any atom is -0.409 e. The van der Waals surface area contributed by atoms with Gasteiger partial charge in [0.15, 0.2) is 5.84 Å². The Morgan fingerprint density at radius 1 is 1.71 bits per heavy atom. The summed E-state index contributed by atoms with van der Waals surface area (Å²) in [6, 6.07) is 0. The minimum atomic E-state index is -1.04. The molecule has 0 atom stereocenters. The fraction of sp³-hybridized carbons (Fsp3) is 0.500. The van der Waals surface area contributed by atoms with Crippen molar-refractivity contribution in [3.8, 4) is 0 Å². The van der Waals surface area contributed by atoms with E-state index in [9.17, 15) is 4.79 Å². The van der Waals surface area contributed by atoms with E-state index in [1.165, 1.54) is 11.3 Å². The van der Waals surface area contributed by atoms with Crippen molar-refractivity contribution in [1.29, 1.82) is 0 Å². The molecule has 0 aliphatic heterocycles. The smallest absolute Gasteiger partial charge is 0.233 e. The zero-order valence-electron chi connectivity index (χ0n) is 10.0. The maximum absolute atomic E-state index is 11.8. The molecule has 0 fully saturated rings. The van der Waals surface area contributed by atoms with Crippen LogP contribution in [0.4, 0.5) is 0 Å². The monoisotopic (exact) mass is 256 g/mol. The van der Waals surface area contributed by atoms with Crippen molar-refractivity contribution in [2.24, 2.45) is 16.3 Å². The lowest BCUT2D eigenvalue weighted by Crippen LogP contribution is -2.45. The Hall–Kier alpha value is -1.63. The van der Waals surface area contributed by atoms with Gasteiger partial charge in [-0.3, -0.25) is 4.79 Å². The van der Waals surface area contributed by atoms with Crippen LogP contribution in [0.15, 0.2) is 10.5 Å². The van der Waals surface area contributed by atoms with Gasteiger partial charge in [-0.15, -0.1) is 11.3 Å². The Morgan fingerprint density at radius 3 is 2.82 bits per heavy atom. The van der Waals surface area contributed by atoms with Gasteiger partial charge in [0.25, 0.3) is 0 Å². The van der Waals surface area contributed by atoms with E-state index in [0.717, 1.165) is 10.7 Å². The summed E-state index contributed by atoms with van der Waals surface area (Å²) < 4.78 is 0. The number of nitrogens with one attached hydrogen (secondary N) is 1. The van der Waals surface area contributed by atoms with E-state index in [-0.39, 0.29) is 11.7 Å². The lowest BCUT2D eigenvalue weighted by molar-refractivity contribution is -0.126. The molecule has 1 heterocycles. The van der Waals surface area contributed by atoms with Crippen molar-refractivity contribution in [2.75, 3.05) is 0 Å². The summed E-state index contributed by atoms with van der Waals surface area (Å²) in [4.78, 5) is 16.1. The number of aromatic nitrogens is 1. The lowest BCUT2D eigenvalue weighted by atomic mass is 9.91. The van der Waals surface area contributed by atoms with Crippen LogP contribution in [0.1, 0.15) is 24.5 Å². The van der Waals surface area contributed by atoms with Gasteiger partial charge < -0.3 is 16.3 Å². The van der Waals surface area contributed by atoms with Gasteiger partial charge in [-0.25, -0.2) is 4.98 Å². The third-order valence-corrected chi connectivity index (χ3v) is 3.23. The quantitative estimate of drug-likeness (QED) is 0.321. The molecule has 0 aliphatic rings. The molecule has 17 heavy (non-hydrogen) atoms. The van der Waals surface area contributed by atoms with E-state index in [1.54, 1.807) is 13.8 Å². The van der Waals surface area contributed by atoms with Crippen LogP contribution in [-0.4, -0.2) is 21.9 Å². The molecule has 1 amide bonds. The predicted molar refractivity (Wildman–Crippen MR) is 65.9 cm³/mol. The fourth-order valence-corrected chi connectivity index (χ4v) is 1.74. The summed E-state index contributed by atoms with van der Waals surface area (Å²) in [6.45, 7) is 5.41. The normalized spacial score (nSPS) is 12.5. The lowest BCUT2D eigenvalue weighted by Gasteiger charge is -2.21. The van der Waals surface area contributed by atoms with Gasteiger partial charge in [0, 0.05) is 5.38 Å². The molecule has 1 rings (SSSR count). The molecule has 94 valence electrons. The second-order valence-corrected chi connectivity index (χ2v) is 5.21. The fourth-order valence-electron chi connectivity index (χ4n) is 1.12. The van der Waals surface area contributed by atoms with E-state index >= 15 is 0 Å². The molecule has 0 aromatic carbocycles. The molecule has 0 radical (unpaired) electrons. The first-order chi connectivity index (χ1) is 7.87. The highest BCUT2D eigenvalue weighted by atomic mass is 32.1. The van der Waals surface area contributed by atoms with Gasteiger partial charge in [0.1, 0.15) is 5.41 Å². The zero-order valence-corrected chi connectivity index (χ0v) is 10.8. The maximum atomic E-state index is 11.8. The van der Waals surface area contributed by atoms with Gasteiger partial charge in [-0.2, -0.15) is 0 Å². The predicted octanol–water partition coefficient (Wildman–Crippen LogP) is 0.840. The largest absolute Gasteiger partial charge is 0.409 e. The number of oxime groups is 1. The Balaban J connectivity index is 2.61. The Morgan fingerprint density at radius 2 is 2.35 bits per heavy atom. The number of hydrogen-bond donors (Lipinski definition) is 3. The zero-order chi connectivity index (χ0) is 13.1. The average Bonchev–Trinajstić information content (AvgIpc) is 2.70. The van der Waals surface area contributed by atoms with Crippen molar-refractivity contribution in [2.45, 2.75) is 27.3 Å². The van der Waals surface area contributed by atoms with E-state index in [0.29, 0.717) is 6.54 Å². The molecule has 1 aromatic rings. The Labute approximate surface area is 104 Å². The van der Waals surface area contributed by atoms with Crippen LogP contribution in [-0.2, 0) is 11.3 Å². The number of carbonyl (C=O) groups is 1. The number of nitrogens with two attached hydrogens (primary N) is 1. The summed E-state index contributed by atoms with van der Waals surface area (Å²) >= 11 is 1.52. The number of amides is 1. The maximum Gasteiger partial charge on any atom is 0.233 e. The highest BCUT2D eigenvalue weighted by molar-refractivity contribution is 7.09. The van der Waals surface area contributed by atoms with Gasteiger partial charge in [-0.1, -0.05) is 5.16 Å². The van der Waals surface area contributed by atoms with Crippen molar-refractivity contribution in [3.05, 3.63) is 16.1 Å². The SMILES string of the molecule is Cc1nc(CNC(=O)C(C)(C)C(N)=NO)cs1. The number of rotatable bonds is 4. The Kier molecular flexibility index (Phi) is 4.06. The summed E-state index contributed by atoms with van der Waals surface area (Å²) in [7, 11) is 0. The number of hydrogen-bond acceptors (Lipinski definition) is 5. The van der Waals surface area contributed by atoms with Gasteiger partial charge >= 0.3 is 0 Å². The van der Waals surface area contributed by atoms with Crippen LogP contribution in [0.2, 0.25) is 0 Å². The molecule has 4 N–H and O–H groups in total. The molecule has 0 bridgehead atoms. The van der Waals surface area contributed by atoms with Crippen LogP contribution >= 0.6 is 11.3 Å².